The maximum absolute atomic E-state index is 12.8. The average molecular weight is 890 g/mol. The molecule has 1 fully saturated rings. The molecule has 0 aromatic carbocycles. The van der Waals surface area contributed by atoms with Gasteiger partial charge in [0, 0.05) is 25.2 Å². The van der Waals surface area contributed by atoms with Gasteiger partial charge in [0.25, 0.3) is 0 Å². The third kappa shape index (κ3) is 30.5. The highest BCUT2D eigenvalue weighted by atomic mass is 31.2. The zero-order valence-corrected chi connectivity index (χ0v) is 38.6. The van der Waals surface area contributed by atoms with Crippen molar-refractivity contribution in [3.8, 4) is 0 Å². The molecule has 61 heavy (non-hydrogen) atoms. The van der Waals surface area contributed by atoms with Crippen molar-refractivity contribution in [2.24, 2.45) is 17.6 Å². The van der Waals surface area contributed by atoms with Gasteiger partial charge in [-0.15, -0.1) is 0 Å². The van der Waals surface area contributed by atoms with Crippen LogP contribution in [-0.2, 0) is 42.3 Å². The summed E-state index contributed by atoms with van der Waals surface area (Å²) in [6.45, 7) is 2.49. The molecule has 0 saturated heterocycles. The first kappa shape index (κ1) is 56.8. The lowest BCUT2D eigenvalue weighted by molar-refractivity contribution is -0.161. The van der Waals surface area contributed by atoms with E-state index in [0.717, 1.165) is 51.4 Å². The maximum Gasteiger partial charge on any atom is 0.472 e. The molecule has 0 spiro atoms. The molecule has 6 N–H and O–H groups in total. The van der Waals surface area contributed by atoms with E-state index in [-0.39, 0.29) is 31.0 Å². The van der Waals surface area contributed by atoms with Crippen molar-refractivity contribution in [1.29, 1.82) is 0 Å². The molecule has 7 atom stereocenters. The lowest BCUT2D eigenvalue weighted by atomic mass is 9.88. The van der Waals surface area contributed by atoms with E-state index in [4.69, 9.17) is 24.8 Å². The van der Waals surface area contributed by atoms with Crippen molar-refractivity contribution >= 4 is 31.5 Å². The molecule has 15 heteroatoms. The number of nitrogens with two attached hydrogens (primary N) is 1. The Morgan fingerprint density at radius 1 is 0.721 bits per heavy atom. The Hall–Kier alpha value is -2.19. The number of phosphoric ester groups is 1. The summed E-state index contributed by atoms with van der Waals surface area (Å²) in [6.07, 6.45) is 28.9. The Balaban J connectivity index is 2.42. The molecule has 0 radical (unpaired) electrons. The topological polar surface area (TPSA) is 229 Å². The Bertz CT molecular complexity index is 1250. The van der Waals surface area contributed by atoms with Crippen molar-refractivity contribution in [3.63, 3.8) is 0 Å². The molecule has 0 bridgehead atoms. The van der Waals surface area contributed by atoms with Crippen LogP contribution in [0.4, 0.5) is 0 Å². The first-order valence-corrected chi connectivity index (χ1v) is 25.3. The molecule has 356 valence electrons. The monoisotopic (exact) mass is 890 g/mol. The number of carbonyl (C=O) groups is 4. The van der Waals surface area contributed by atoms with E-state index in [1.165, 1.54) is 83.5 Å². The van der Waals surface area contributed by atoms with Gasteiger partial charge in [-0.05, 0) is 31.6 Å². The van der Waals surface area contributed by atoms with Gasteiger partial charge in [0.1, 0.15) is 18.4 Å². The molecule has 1 aliphatic rings. The van der Waals surface area contributed by atoms with Crippen molar-refractivity contribution in [3.05, 3.63) is 12.2 Å². The molecule has 1 rings (SSSR count). The zero-order valence-electron chi connectivity index (χ0n) is 37.7. The molecule has 0 amide bonds. The van der Waals surface area contributed by atoms with Gasteiger partial charge in [0.05, 0.1) is 25.4 Å². The first-order valence-electron chi connectivity index (χ1n) is 23.8. The Labute approximate surface area is 367 Å². The molecule has 0 heterocycles. The molecular weight excluding hydrogens is 805 g/mol. The van der Waals surface area contributed by atoms with Crippen LogP contribution in [0.1, 0.15) is 200 Å². The van der Waals surface area contributed by atoms with Gasteiger partial charge in [0.15, 0.2) is 6.10 Å². The van der Waals surface area contributed by atoms with E-state index in [0.29, 0.717) is 32.1 Å². The number of phosphoric acid groups is 1. The summed E-state index contributed by atoms with van der Waals surface area (Å²) in [5.74, 6) is -3.22. The molecule has 0 aromatic heterocycles. The number of rotatable bonds is 41. The number of aliphatic hydroxyl groups excluding tert-OH is 2. The van der Waals surface area contributed by atoms with E-state index < -0.39 is 75.8 Å². The Morgan fingerprint density at radius 3 is 1.74 bits per heavy atom. The van der Waals surface area contributed by atoms with E-state index in [2.05, 4.69) is 18.4 Å². The smallest absolute Gasteiger partial charge is 0.472 e. The zero-order chi connectivity index (χ0) is 45.1. The number of aliphatic carboxylic acids is 1. The fourth-order valence-corrected chi connectivity index (χ4v) is 8.40. The molecule has 1 saturated carbocycles. The van der Waals surface area contributed by atoms with E-state index in [1.807, 2.05) is 0 Å². The highest BCUT2D eigenvalue weighted by molar-refractivity contribution is 7.47. The Morgan fingerprint density at radius 2 is 1.20 bits per heavy atom. The summed E-state index contributed by atoms with van der Waals surface area (Å²) in [6, 6.07) is -1.56. The van der Waals surface area contributed by atoms with Crippen LogP contribution in [0.2, 0.25) is 0 Å². The number of esters is 2. The van der Waals surface area contributed by atoms with Crippen molar-refractivity contribution in [2.75, 3.05) is 19.8 Å². The van der Waals surface area contributed by atoms with Gasteiger partial charge in [-0.2, -0.15) is 0 Å². The van der Waals surface area contributed by atoms with Crippen LogP contribution in [0.5, 0.6) is 0 Å². The lowest BCUT2D eigenvalue weighted by Crippen LogP contribution is -2.34. The third-order valence-corrected chi connectivity index (χ3v) is 12.4. The number of hydrogen-bond donors (Lipinski definition) is 5. The number of ketones is 1. The van der Waals surface area contributed by atoms with Crippen molar-refractivity contribution in [1.82, 2.24) is 0 Å². The molecule has 1 aliphatic carbocycles. The van der Waals surface area contributed by atoms with Gasteiger partial charge in [-0.25, -0.2) is 4.57 Å². The quantitative estimate of drug-likeness (QED) is 0.0167. The number of carboxylic acid groups (broad SMARTS) is 1. The molecule has 0 aromatic rings. The van der Waals surface area contributed by atoms with Crippen LogP contribution >= 0.6 is 7.82 Å². The van der Waals surface area contributed by atoms with E-state index in [9.17, 15) is 38.8 Å². The van der Waals surface area contributed by atoms with Crippen LogP contribution < -0.4 is 5.73 Å². The predicted octanol–water partition coefficient (Wildman–Crippen LogP) is 9.43. The second kappa shape index (κ2) is 36.2. The highest BCUT2D eigenvalue weighted by Crippen LogP contribution is 2.43. The third-order valence-electron chi connectivity index (χ3n) is 11.4. The fourth-order valence-electron chi connectivity index (χ4n) is 7.62. The van der Waals surface area contributed by atoms with Crippen LogP contribution in [0, 0.1) is 11.8 Å². The van der Waals surface area contributed by atoms with Crippen LogP contribution in [-0.4, -0.2) is 88.1 Å². The number of allylic oxidation sites excluding steroid dienone is 1. The summed E-state index contributed by atoms with van der Waals surface area (Å²) in [4.78, 5) is 58.8. The average Bonchev–Trinajstić information content (AvgIpc) is 3.49. The normalized spacial score (nSPS) is 19.2. The Kier molecular flexibility index (Phi) is 33.7. The summed E-state index contributed by atoms with van der Waals surface area (Å²) < 4.78 is 32.8. The molecular formula is C46H84NO13P. The second-order valence-corrected chi connectivity index (χ2v) is 18.5. The minimum absolute atomic E-state index is 0.0233. The molecule has 1 unspecified atom stereocenters. The van der Waals surface area contributed by atoms with E-state index in [1.54, 1.807) is 12.2 Å². The number of ether oxygens (including phenoxy) is 2. The number of hydrogen-bond acceptors (Lipinski definition) is 12. The minimum Gasteiger partial charge on any atom is -0.480 e. The summed E-state index contributed by atoms with van der Waals surface area (Å²) in [5.41, 5.74) is 5.34. The highest BCUT2D eigenvalue weighted by Gasteiger charge is 2.39. The van der Waals surface area contributed by atoms with Gasteiger partial charge in [-0.3, -0.25) is 28.2 Å². The van der Waals surface area contributed by atoms with Crippen LogP contribution in [0.3, 0.4) is 0 Å². The number of carbonyl (C=O) groups excluding carboxylic acids is 3. The van der Waals surface area contributed by atoms with Crippen molar-refractivity contribution < 1.29 is 62.5 Å². The van der Waals surface area contributed by atoms with Gasteiger partial charge < -0.3 is 35.4 Å². The lowest BCUT2D eigenvalue weighted by Gasteiger charge is -2.20. The van der Waals surface area contributed by atoms with Crippen molar-refractivity contribution in [2.45, 2.75) is 224 Å². The minimum atomic E-state index is -4.78. The van der Waals surface area contributed by atoms with E-state index >= 15 is 0 Å². The molecule has 14 nitrogen and oxygen atoms in total. The van der Waals surface area contributed by atoms with Crippen LogP contribution in [0.25, 0.3) is 0 Å². The van der Waals surface area contributed by atoms with Gasteiger partial charge in [-0.1, -0.05) is 167 Å². The SMILES string of the molecule is CCCCCCCCCCCCCCCCCCCC(=O)OC[C@H](COP(=O)(O)OC[C@H](N)C(=O)O)OC(=O)CCCCCC[C@H]1[C@@H](O)CC(=O)[C@@H]1/C=C/[C@@H](O)CCCCC. The van der Waals surface area contributed by atoms with Gasteiger partial charge in [0.2, 0.25) is 0 Å². The summed E-state index contributed by atoms with van der Waals surface area (Å²) >= 11 is 0. The first-order chi connectivity index (χ1) is 29.3. The number of unbranched alkanes of at least 4 members (excludes halogenated alkanes) is 21. The summed E-state index contributed by atoms with van der Waals surface area (Å²) in [7, 11) is -4.78. The van der Waals surface area contributed by atoms with Crippen LogP contribution in [0.15, 0.2) is 12.2 Å². The number of aliphatic hydroxyl groups is 2. The standard InChI is InChI=1S/C46H84NO13P/c1-3-5-7-8-9-10-11-12-13-14-15-16-17-18-19-20-25-29-44(51)57-34-38(35-58-61(55,56)59-36-41(47)46(53)54)60-45(52)30-26-22-21-24-28-39-40(43(50)33-42(39)49)32-31-37(48)27-23-6-4-2/h31-32,37-42,48-49H,3-30,33-36,47H2,1-2H3,(H,53,54)(H,55,56)/b32-31+/t37-,38+,39+,40+,41-,42-/m0/s1. The number of Topliss-reactive ketones (excluding diaryl/α,β-unsaturated/α-hetero) is 1. The van der Waals surface area contributed by atoms with Gasteiger partial charge >= 0.3 is 25.7 Å². The largest absolute Gasteiger partial charge is 0.480 e. The fraction of sp³-hybridized carbons (Fsp3) is 0.870. The summed E-state index contributed by atoms with van der Waals surface area (Å²) in [5, 5.41) is 29.7. The number of carboxylic acids is 1. The maximum atomic E-state index is 12.8. The predicted molar refractivity (Wildman–Crippen MR) is 237 cm³/mol. The molecule has 0 aliphatic heterocycles. The second-order valence-electron chi connectivity index (χ2n) is 17.0.